The van der Waals surface area contributed by atoms with E-state index in [0.717, 1.165) is 0 Å². The lowest BCUT2D eigenvalue weighted by molar-refractivity contribution is 0.0689. The Morgan fingerprint density at radius 3 is 2.52 bits per heavy atom. The quantitative estimate of drug-likeness (QED) is 0.412. The van der Waals surface area contributed by atoms with Crippen LogP contribution in [0.3, 0.4) is 0 Å². The van der Waals surface area contributed by atoms with E-state index < -0.39 is 27.8 Å². The van der Waals surface area contributed by atoms with Crippen LogP contribution in [0.4, 0.5) is 5.69 Å². The lowest BCUT2D eigenvalue weighted by atomic mass is 10.1. The zero-order valence-electron chi connectivity index (χ0n) is 14.7. The third kappa shape index (κ3) is 4.98. The number of carbonyl (C=O) groups is 2. The molecule has 9 heteroatoms. The Morgan fingerprint density at radius 1 is 1.26 bits per heavy atom. The Labute approximate surface area is 171 Å². The molecule has 0 bridgehead atoms. The molecule has 0 aliphatic carbocycles. The number of carboxylic acids is 1. The van der Waals surface area contributed by atoms with Crippen LogP contribution < -0.4 is 11.1 Å². The van der Waals surface area contributed by atoms with Crippen LogP contribution in [0.15, 0.2) is 41.3 Å². The lowest BCUT2D eigenvalue weighted by Gasteiger charge is -2.16. The zero-order chi connectivity index (χ0) is 20.4. The van der Waals surface area contributed by atoms with Crippen LogP contribution in [-0.4, -0.2) is 37.2 Å². The maximum absolute atomic E-state index is 12.6. The smallest absolute Gasteiger partial charge is 0.337 e. The molecule has 1 unspecified atom stereocenters. The van der Waals surface area contributed by atoms with Crippen molar-refractivity contribution in [2.24, 2.45) is 0 Å². The molecular weight excluding hydrogens is 483 g/mol. The number of amides is 1. The monoisotopic (exact) mass is 502 g/mol. The molecule has 2 aromatic rings. The van der Waals surface area contributed by atoms with Gasteiger partial charge in [-0.25, -0.2) is 13.2 Å². The number of nitrogens with two attached hydrogens (primary N) is 1. The summed E-state index contributed by atoms with van der Waals surface area (Å²) in [5, 5.41) is 11.9. The molecule has 0 aromatic heterocycles. The van der Waals surface area contributed by atoms with Gasteiger partial charge in [0.25, 0.3) is 5.91 Å². The van der Waals surface area contributed by atoms with Gasteiger partial charge >= 0.3 is 5.97 Å². The van der Waals surface area contributed by atoms with Gasteiger partial charge in [0.1, 0.15) is 0 Å². The topological polar surface area (TPSA) is 127 Å². The number of nitrogen functional groups attached to an aromatic ring is 1. The number of aryl methyl sites for hydroxylation is 1. The molecular formula is C18H19IN2O5S. The Morgan fingerprint density at radius 2 is 1.93 bits per heavy atom. The number of sulfone groups is 1. The van der Waals surface area contributed by atoms with Gasteiger partial charge in [-0.3, -0.25) is 4.79 Å². The van der Waals surface area contributed by atoms with E-state index in [9.17, 15) is 23.1 Å². The summed E-state index contributed by atoms with van der Waals surface area (Å²) in [6, 6.07) is 8.26. The molecule has 0 aliphatic heterocycles. The highest BCUT2D eigenvalue weighted by Crippen LogP contribution is 2.20. The lowest BCUT2D eigenvalue weighted by Crippen LogP contribution is -2.38. The van der Waals surface area contributed by atoms with E-state index >= 15 is 0 Å². The molecule has 0 aliphatic rings. The maximum Gasteiger partial charge on any atom is 0.337 e. The number of aromatic carboxylic acids is 1. The van der Waals surface area contributed by atoms with Crippen molar-refractivity contribution < 1.29 is 23.1 Å². The minimum Gasteiger partial charge on any atom is -0.478 e. The van der Waals surface area contributed by atoms with Gasteiger partial charge in [0.15, 0.2) is 9.84 Å². The number of nitrogens with one attached hydrogen (secondary N) is 1. The molecule has 4 N–H and O–H groups in total. The molecule has 0 spiro atoms. The van der Waals surface area contributed by atoms with Gasteiger partial charge in [-0.2, -0.15) is 0 Å². The first kappa shape index (κ1) is 21.2. The van der Waals surface area contributed by atoms with Crippen molar-refractivity contribution in [1.29, 1.82) is 0 Å². The SMILES string of the molecule is Cc1cc(S(=O)(=O)CC(C)NC(=O)c2cccc(I)c2C(=O)O)ccc1N. The summed E-state index contributed by atoms with van der Waals surface area (Å²) >= 11 is 1.84. The largest absolute Gasteiger partial charge is 0.478 e. The molecule has 0 saturated carbocycles. The van der Waals surface area contributed by atoms with E-state index in [1.54, 1.807) is 26.0 Å². The van der Waals surface area contributed by atoms with Crippen molar-refractivity contribution in [3.05, 3.63) is 56.7 Å². The van der Waals surface area contributed by atoms with Crippen molar-refractivity contribution in [2.75, 3.05) is 11.5 Å². The van der Waals surface area contributed by atoms with E-state index in [4.69, 9.17) is 5.73 Å². The van der Waals surface area contributed by atoms with E-state index in [0.29, 0.717) is 14.8 Å². The number of anilines is 1. The minimum absolute atomic E-state index is 0.0121. The van der Waals surface area contributed by atoms with Crippen molar-refractivity contribution >= 4 is 50.0 Å². The number of carbonyl (C=O) groups excluding carboxylic acids is 1. The molecule has 144 valence electrons. The number of halogens is 1. The van der Waals surface area contributed by atoms with E-state index in [-0.39, 0.29) is 21.8 Å². The fourth-order valence-electron chi connectivity index (χ4n) is 2.54. The van der Waals surface area contributed by atoms with Gasteiger partial charge in [0.05, 0.1) is 21.8 Å². The molecule has 0 fully saturated rings. The van der Waals surface area contributed by atoms with Crippen LogP contribution in [0.5, 0.6) is 0 Å². The first-order valence-corrected chi connectivity index (χ1v) is 10.7. The zero-order valence-corrected chi connectivity index (χ0v) is 17.7. The van der Waals surface area contributed by atoms with Gasteiger partial charge in [-0.1, -0.05) is 6.07 Å². The minimum atomic E-state index is -3.65. The van der Waals surface area contributed by atoms with Gasteiger partial charge in [0, 0.05) is 15.3 Å². The van der Waals surface area contributed by atoms with Crippen molar-refractivity contribution in [1.82, 2.24) is 5.32 Å². The normalized spacial score (nSPS) is 12.4. The molecule has 7 nitrogen and oxygen atoms in total. The molecule has 2 rings (SSSR count). The van der Waals surface area contributed by atoms with Crippen LogP contribution >= 0.6 is 22.6 Å². The standard InChI is InChI=1S/C18H19IN2O5S/c1-10-8-12(6-7-15(10)20)27(25,26)9-11(2)21-17(22)13-4-3-5-14(19)16(13)18(23)24/h3-8,11H,9,20H2,1-2H3,(H,21,22)(H,23,24). The maximum atomic E-state index is 12.6. The Hall–Kier alpha value is -2.14. The second kappa shape index (κ2) is 8.26. The van der Waals surface area contributed by atoms with Gasteiger partial charge < -0.3 is 16.2 Å². The summed E-state index contributed by atoms with van der Waals surface area (Å²) in [5.74, 6) is -2.18. The fraction of sp³-hybridized carbons (Fsp3) is 0.222. The number of benzene rings is 2. The molecule has 0 heterocycles. The Balaban J connectivity index is 2.19. The second-order valence-electron chi connectivity index (χ2n) is 6.14. The summed E-state index contributed by atoms with van der Waals surface area (Å²) in [7, 11) is -3.65. The average Bonchev–Trinajstić information content (AvgIpc) is 2.55. The predicted molar refractivity (Wildman–Crippen MR) is 111 cm³/mol. The molecule has 1 atom stereocenters. The highest BCUT2D eigenvalue weighted by molar-refractivity contribution is 14.1. The number of rotatable bonds is 6. The summed E-state index contributed by atoms with van der Waals surface area (Å²) < 4.78 is 25.6. The van der Waals surface area contributed by atoms with Crippen LogP contribution in [0.25, 0.3) is 0 Å². The Kier molecular flexibility index (Phi) is 6.47. The van der Waals surface area contributed by atoms with Crippen LogP contribution in [0, 0.1) is 10.5 Å². The fourth-order valence-corrected chi connectivity index (χ4v) is 4.84. The summed E-state index contributed by atoms with van der Waals surface area (Å²) in [4.78, 5) is 24.0. The van der Waals surface area contributed by atoms with E-state index in [2.05, 4.69) is 5.32 Å². The molecule has 0 saturated heterocycles. The highest BCUT2D eigenvalue weighted by atomic mass is 127. The summed E-state index contributed by atoms with van der Waals surface area (Å²) in [6.07, 6.45) is 0. The number of carboxylic acid groups (broad SMARTS) is 1. The molecule has 1 amide bonds. The third-order valence-corrected chi connectivity index (χ3v) is 6.73. The molecule has 2 aromatic carbocycles. The van der Waals surface area contributed by atoms with E-state index in [1.165, 1.54) is 24.3 Å². The van der Waals surface area contributed by atoms with Crippen LogP contribution in [0.2, 0.25) is 0 Å². The summed E-state index contributed by atoms with van der Waals surface area (Å²) in [5.41, 5.74) is 6.74. The first-order valence-electron chi connectivity index (χ1n) is 7.94. The van der Waals surface area contributed by atoms with Gasteiger partial charge in [0.2, 0.25) is 0 Å². The van der Waals surface area contributed by atoms with Crippen molar-refractivity contribution in [2.45, 2.75) is 24.8 Å². The average molecular weight is 502 g/mol. The predicted octanol–water partition coefficient (Wildman–Crippen LogP) is 2.47. The van der Waals surface area contributed by atoms with Crippen molar-refractivity contribution in [3.63, 3.8) is 0 Å². The number of hydrogen-bond acceptors (Lipinski definition) is 5. The summed E-state index contributed by atoms with van der Waals surface area (Å²) in [6.45, 7) is 3.26. The Bertz CT molecular complexity index is 1000. The van der Waals surface area contributed by atoms with E-state index in [1.807, 2.05) is 22.6 Å². The first-order chi connectivity index (χ1) is 12.5. The van der Waals surface area contributed by atoms with Crippen LogP contribution in [-0.2, 0) is 9.84 Å². The van der Waals surface area contributed by atoms with Gasteiger partial charge in [-0.05, 0) is 72.3 Å². The van der Waals surface area contributed by atoms with Gasteiger partial charge in [-0.15, -0.1) is 0 Å². The second-order valence-corrected chi connectivity index (χ2v) is 9.34. The third-order valence-electron chi connectivity index (χ3n) is 3.92. The van der Waals surface area contributed by atoms with Crippen LogP contribution in [0.1, 0.15) is 33.2 Å². The number of hydrogen-bond donors (Lipinski definition) is 3. The molecule has 27 heavy (non-hydrogen) atoms. The molecule has 0 radical (unpaired) electrons. The highest BCUT2D eigenvalue weighted by Gasteiger charge is 2.24. The van der Waals surface area contributed by atoms with Crippen molar-refractivity contribution in [3.8, 4) is 0 Å².